The van der Waals surface area contributed by atoms with Crippen LogP contribution >= 0.6 is 0 Å². The molecule has 1 amide bonds. The first-order valence-corrected chi connectivity index (χ1v) is 9.01. The zero-order valence-electron chi connectivity index (χ0n) is 15.2. The Labute approximate surface area is 150 Å². The number of hydrogen-bond donors (Lipinski definition) is 1. The van der Waals surface area contributed by atoms with Crippen molar-refractivity contribution in [2.24, 2.45) is 0 Å². The van der Waals surface area contributed by atoms with Crippen LogP contribution in [0, 0.1) is 13.8 Å². The molecule has 4 nitrogen and oxygen atoms in total. The molecule has 25 heavy (non-hydrogen) atoms. The van der Waals surface area contributed by atoms with Gasteiger partial charge in [0, 0.05) is 50.5 Å². The smallest absolute Gasteiger partial charge is 0.225 e. The van der Waals surface area contributed by atoms with Crippen LogP contribution in [-0.4, -0.2) is 43.5 Å². The molecule has 1 fully saturated rings. The summed E-state index contributed by atoms with van der Waals surface area (Å²) < 4.78 is 0. The van der Waals surface area contributed by atoms with Crippen molar-refractivity contribution in [3.8, 4) is 0 Å². The molecule has 0 radical (unpaired) electrons. The van der Waals surface area contributed by atoms with Gasteiger partial charge in [-0.05, 0) is 49.2 Å². The fraction of sp³-hybridized carbons (Fsp3) is 0.381. The highest BCUT2D eigenvalue weighted by atomic mass is 16.1. The van der Waals surface area contributed by atoms with Crippen LogP contribution in [0.3, 0.4) is 0 Å². The van der Waals surface area contributed by atoms with Crippen LogP contribution in [-0.2, 0) is 4.79 Å². The van der Waals surface area contributed by atoms with E-state index >= 15 is 0 Å². The van der Waals surface area contributed by atoms with Crippen LogP contribution in [0.1, 0.15) is 17.5 Å². The summed E-state index contributed by atoms with van der Waals surface area (Å²) in [6.07, 6.45) is 0.540. The highest BCUT2D eigenvalue weighted by molar-refractivity contribution is 5.90. The molecule has 1 saturated heterocycles. The molecule has 1 N–H and O–H groups in total. The highest BCUT2D eigenvalue weighted by Crippen LogP contribution is 2.16. The first kappa shape index (κ1) is 17.5. The van der Waals surface area contributed by atoms with Gasteiger partial charge in [-0.1, -0.05) is 24.3 Å². The van der Waals surface area contributed by atoms with Gasteiger partial charge in [-0.2, -0.15) is 0 Å². The summed E-state index contributed by atoms with van der Waals surface area (Å²) in [5.74, 6) is 0.0914. The van der Waals surface area contributed by atoms with Crippen molar-refractivity contribution in [3.63, 3.8) is 0 Å². The van der Waals surface area contributed by atoms with E-state index in [4.69, 9.17) is 0 Å². The van der Waals surface area contributed by atoms with Crippen LogP contribution in [0.25, 0.3) is 0 Å². The summed E-state index contributed by atoms with van der Waals surface area (Å²) in [5, 5.41) is 3.01. The van der Waals surface area contributed by atoms with Gasteiger partial charge in [-0.15, -0.1) is 0 Å². The van der Waals surface area contributed by atoms with E-state index in [0.717, 1.165) is 38.4 Å². The van der Waals surface area contributed by atoms with Crippen LogP contribution in [0.15, 0.2) is 48.5 Å². The summed E-state index contributed by atoms with van der Waals surface area (Å²) in [6, 6.07) is 16.6. The molecule has 2 aromatic rings. The molecule has 0 saturated carbocycles. The summed E-state index contributed by atoms with van der Waals surface area (Å²) in [7, 11) is 0. The number of nitrogens with zero attached hydrogens (tertiary/aromatic N) is 2. The molecular weight excluding hydrogens is 310 g/mol. The van der Waals surface area contributed by atoms with Crippen molar-refractivity contribution >= 4 is 17.3 Å². The van der Waals surface area contributed by atoms with Gasteiger partial charge in [0.05, 0.1) is 0 Å². The lowest BCUT2D eigenvalue weighted by Gasteiger charge is -2.36. The minimum absolute atomic E-state index is 0.0914. The second-order valence-electron chi connectivity index (χ2n) is 6.76. The van der Waals surface area contributed by atoms with E-state index in [1.165, 1.54) is 16.8 Å². The zero-order chi connectivity index (χ0) is 17.6. The topological polar surface area (TPSA) is 35.6 Å². The van der Waals surface area contributed by atoms with E-state index in [9.17, 15) is 4.79 Å². The normalized spacial score (nSPS) is 15.2. The van der Waals surface area contributed by atoms with Gasteiger partial charge >= 0.3 is 0 Å². The highest BCUT2D eigenvalue weighted by Gasteiger charge is 2.17. The maximum atomic E-state index is 12.2. The number of hydrogen-bond acceptors (Lipinski definition) is 3. The van der Waals surface area contributed by atoms with Gasteiger partial charge in [0.25, 0.3) is 0 Å². The van der Waals surface area contributed by atoms with Crippen molar-refractivity contribution < 1.29 is 4.79 Å². The molecule has 0 bridgehead atoms. The van der Waals surface area contributed by atoms with Gasteiger partial charge in [0.1, 0.15) is 0 Å². The lowest BCUT2D eigenvalue weighted by atomic mass is 10.1. The standard InChI is InChI=1S/C21H27N3O/c1-17-8-9-19(16-18(17)2)22-21(25)10-11-23-12-14-24(15-13-23)20-6-4-3-5-7-20/h3-9,16H,10-15H2,1-2H3,(H,22,25). The number of aryl methyl sites for hydroxylation is 2. The molecule has 0 aromatic heterocycles. The average molecular weight is 337 g/mol. The Hall–Kier alpha value is -2.33. The molecule has 1 aliphatic heterocycles. The summed E-state index contributed by atoms with van der Waals surface area (Å²) >= 11 is 0. The van der Waals surface area contributed by atoms with Gasteiger partial charge in [0.2, 0.25) is 5.91 Å². The van der Waals surface area contributed by atoms with Crippen LogP contribution in [0.4, 0.5) is 11.4 Å². The fourth-order valence-corrected chi connectivity index (χ4v) is 3.17. The minimum atomic E-state index is 0.0914. The molecule has 3 rings (SSSR count). The first-order chi connectivity index (χ1) is 12.1. The van der Waals surface area contributed by atoms with Crippen molar-refractivity contribution in [1.29, 1.82) is 0 Å². The molecule has 132 valence electrons. The SMILES string of the molecule is Cc1ccc(NC(=O)CCN2CCN(c3ccccc3)CC2)cc1C. The third-order valence-electron chi connectivity index (χ3n) is 4.94. The third-order valence-corrected chi connectivity index (χ3v) is 4.94. The number of carbonyl (C=O) groups is 1. The largest absolute Gasteiger partial charge is 0.369 e. The second-order valence-corrected chi connectivity index (χ2v) is 6.76. The van der Waals surface area contributed by atoms with Crippen molar-refractivity contribution in [1.82, 2.24) is 4.90 Å². The maximum absolute atomic E-state index is 12.2. The van der Waals surface area contributed by atoms with Gasteiger partial charge in [-0.3, -0.25) is 9.69 Å². The van der Waals surface area contributed by atoms with E-state index in [-0.39, 0.29) is 5.91 Å². The van der Waals surface area contributed by atoms with Crippen molar-refractivity contribution in [2.45, 2.75) is 20.3 Å². The zero-order valence-corrected chi connectivity index (χ0v) is 15.2. The predicted octanol–water partition coefficient (Wildman–Crippen LogP) is 3.45. The van der Waals surface area contributed by atoms with Gasteiger partial charge in [0.15, 0.2) is 0 Å². The van der Waals surface area contributed by atoms with Crippen LogP contribution in [0.5, 0.6) is 0 Å². The van der Waals surface area contributed by atoms with Crippen molar-refractivity contribution in [3.05, 3.63) is 59.7 Å². The molecule has 4 heteroatoms. The number of anilines is 2. The van der Waals surface area contributed by atoms with E-state index in [1.807, 2.05) is 24.3 Å². The lowest BCUT2D eigenvalue weighted by Crippen LogP contribution is -2.47. The Balaban J connectivity index is 1.42. The summed E-state index contributed by atoms with van der Waals surface area (Å²) in [4.78, 5) is 17.0. The Kier molecular flexibility index (Phi) is 5.71. The second kappa shape index (κ2) is 8.17. The molecule has 0 spiro atoms. The van der Waals surface area contributed by atoms with E-state index in [2.05, 4.69) is 53.2 Å². The number of amides is 1. The Bertz CT molecular complexity index is 706. The number of nitrogens with one attached hydrogen (secondary N) is 1. The molecule has 0 atom stereocenters. The Morgan fingerprint density at radius 1 is 0.960 bits per heavy atom. The number of benzene rings is 2. The molecule has 0 unspecified atom stereocenters. The number of piperazine rings is 1. The Morgan fingerprint density at radius 2 is 1.68 bits per heavy atom. The quantitative estimate of drug-likeness (QED) is 0.908. The van der Waals surface area contributed by atoms with E-state index < -0.39 is 0 Å². The maximum Gasteiger partial charge on any atom is 0.225 e. The van der Waals surface area contributed by atoms with Crippen molar-refractivity contribution in [2.75, 3.05) is 42.9 Å². The predicted molar refractivity (Wildman–Crippen MR) is 104 cm³/mol. The lowest BCUT2D eigenvalue weighted by molar-refractivity contribution is -0.116. The first-order valence-electron chi connectivity index (χ1n) is 9.01. The molecule has 1 aliphatic rings. The molecule has 1 heterocycles. The van der Waals surface area contributed by atoms with Gasteiger partial charge in [-0.25, -0.2) is 0 Å². The fourth-order valence-electron chi connectivity index (χ4n) is 3.17. The van der Waals surface area contributed by atoms with Crippen LogP contribution in [0.2, 0.25) is 0 Å². The minimum Gasteiger partial charge on any atom is -0.369 e. The Morgan fingerprint density at radius 3 is 2.36 bits per heavy atom. The molecule has 0 aliphatic carbocycles. The number of carbonyl (C=O) groups excluding carboxylic acids is 1. The van der Waals surface area contributed by atoms with E-state index in [0.29, 0.717) is 6.42 Å². The number of para-hydroxylation sites is 1. The summed E-state index contributed by atoms with van der Waals surface area (Å²) in [5.41, 5.74) is 4.63. The third kappa shape index (κ3) is 4.83. The van der Waals surface area contributed by atoms with E-state index in [1.54, 1.807) is 0 Å². The average Bonchev–Trinajstić information content (AvgIpc) is 2.64. The van der Waals surface area contributed by atoms with Crippen LogP contribution < -0.4 is 10.2 Å². The molecular formula is C21H27N3O. The summed E-state index contributed by atoms with van der Waals surface area (Å²) in [6.45, 7) is 9.01. The monoisotopic (exact) mass is 337 g/mol. The van der Waals surface area contributed by atoms with Gasteiger partial charge < -0.3 is 10.2 Å². The molecule has 2 aromatic carbocycles. The number of rotatable bonds is 5.